The van der Waals surface area contributed by atoms with Gasteiger partial charge in [0.2, 0.25) is 5.78 Å². The topological polar surface area (TPSA) is 17.1 Å². The molecule has 0 bridgehead atoms. The first-order chi connectivity index (χ1) is 7.59. The third kappa shape index (κ3) is 2.19. The van der Waals surface area contributed by atoms with Crippen molar-refractivity contribution in [2.75, 3.05) is 0 Å². The molecule has 0 amide bonds. The van der Waals surface area contributed by atoms with Crippen molar-refractivity contribution in [3.63, 3.8) is 0 Å². The van der Waals surface area contributed by atoms with Crippen molar-refractivity contribution in [1.82, 2.24) is 0 Å². The Morgan fingerprint density at radius 2 is 2.12 bits per heavy atom. The maximum atomic E-state index is 13.3. The monoisotopic (exact) mass is 318 g/mol. The SMILES string of the molecule is O=C(c1ccc(Br)c(F)c1)c1sccc1Cl. The van der Waals surface area contributed by atoms with Crippen molar-refractivity contribution in [2.24, 2.45) is 0 Å². The molecule has 0 atom stereocenters. The largest absolute Gasteiger partial charge is 0.288 e. The van der Waals surface area contributed by atoms with E-state index in [9.17, 15) is 9.18 Å². The van der Waals surface area contributed by atoms with Gasteiger partial charge in [0.1, 0.15) is 5.82 Å². The van der Waals surface area contributed by atoms with Crippen molar-refractivity contribution in [3.05, 3.63) is 55.4 Å². The highest BCUT2D eigenvalue weighted by atomic mass is 79.9. The van der Waals surface area contributed by atoms with Crippen LogP contribution in [0.5, 0.6) is 0 Å². The Labute approximate surface area is 109 Å². The van der Waals surface area contributed by atoms with E-state index in [1.54, 1.807) is 17.5 Å². The van der Waals surface area contributed by atoms with Gasteiger partial charge >= 0.3 is 0 Å². The van der Waals surface area contributed by atoms with Crippen LogP contribution in [0.1, 0.15) is 15.2 Å². The number of hydrogen-bond donors (Lipinski definition) is 0. The van der Waals surface area contributed by atoms with Gasteiger partial charge in [-0.15, -0.1) is 11.3 Å². The molecular formula is C11H5BrClFOS. The van der Waals surface area contributed by atoms with Gasteiger partial charge in [0.25, 0.3) is 0 Å². The standard InChI is InChI=1S/C11H5BrClFOS/c12-7-2-1-6(5-9(7)14)10(15)11-8(13)3-4-16-11/h1-5H. The first-order valence-electron chi connectivity index (χ1n) is 4.32. The predicted octanol–water partition coefficient (Wildman–Crippen LogP) is 4.53. The molecule has 0 aliphatic heterocycles. The summed E-state index contributed by atoms with van der Waals surface area (Å²) in [5.41, 5.74) is 0.296. The minimum atomic E-state index is -0.460. The van der Waals surface area contributed by atoms with Crippen LogP contribution in [0.4, 0.5) is 4.39 Å². The van der Waals surface area contributed by atoms with Gasteiger partial charge in [0, 0.05) is 5.56 Å². The average Bonchev–Trinajstić information content (AvgIpc) is 2.67. The lowest BCUT2D eigenvalue weighted by molar-refractivity contribution is 0.104. The summed E-state index contributed by atoms with van der Waals surface area (Å²) in [5, 5.41) is 2.13. The van der Waals surface area contributed by atoms with Crippen molar-refractivity contribution < 1.29 is 9.18 Å². The highest BCUT2D eigenvalue weighted by molar-refractivity contribution is 9.10. The van der Waals surface area contributed by atoms with E-state index in [0.717, 1.165) is 0 Å². The second-order valence-corrected chi connectivity index (χ2v) is 5.23. The molecule has 0 aliphatic rings. The molecule has 1 aromatic carbocycles. The maximum absolute atomic E-state index is 13.3. The van der Waals surface area contributed by atoms with Crippen LogP contribution in [0.2, 0.25) is 5.02 Å². The molecule has 1 aromatic heterocycles. The highest BCUT2D eigenvalue weighted by Gasteiger charge is 2.15. The van der Waals surface area contributed by atoms with E-state index < -0.39 is 5.82 Å². The second kappa shape index (κ2) is 4.65. The van der Waals surface area contributed by atoms with Crippen molar-refractivity contribution in [1.29, 1.82) is 0 Å². The molecule has 0 aliphatic carbocycles. The molecule has 2 rings (SSSR count). The number of thiophene rings is 1. The molecule has 0 saturated heterocycles. The minimum absolute atomic E-state index is 0.258. The van der Waals surface area contributed by atoms with Crippen LogP contribution >= 0.6 is 38.9 Å². The normalized spacial score (nSPS) is 10.4. The summed E-state index contributed by atoms with van der Waals surface area (Å²) in [6.45, 7) is 0. The summed E-state index contributed by atoms with van der Waals surface area (Å²) in [5.74, 6) is -0.718. The van der Waals surface area contributed by atoms with Gasteiger partial charge in [0.05, 0.1) is 14.4 Å². The molecule has 0 saturated carbocycles. The second-order valence-electron chi connectivity index (χ2n) is 3.06. The molecule has 0 N–H and O–H groups in total. The zero-order chi connectivity index (χ0) is 11.7. The Morgan fingerprint density at radius 3 is 2.69 bits per heavy atom. The summed E-state index contributed by atoms with van der Waals surface area (Å²) in [6, 6.07) is 5.91. The number of ketones is 1. The van der Waals surface area contributed by atoms with Crippen molar-refractivity contribution in [3.8, 4) is 0 Å². The van der Waals surface area contributed by atoms with E-state index >= 15 is 0 Å². The Kier molecular flexibility index (Phi) is 3.42. The van der Waals surface area contributed by atoms with Crippen LogP contribution in [0.25, 0.3) is 0 Å². The van der Waals surface area contributed by atoms with Gasteiger partial charge in [-0.1, -0.05) is 11.6 Å². The average molecular weight is 320 g/mol. The highest BCUT2D eigenvalue weighted by Crippen LogP contribution is 2.26. The van der Waals surface area contributed by atoms with Crippen molar-refractivity contribution in [2.45, 2.75) is 0 Å². The number of carbonyl (C=O) groups is 1. The Morgan fingerprint density at radius 1 is 1.38 bits per heavy atom. The smallest absolute Gasteiger partial charge is 0.204 e. The lowest BCUT2D eigenvalue weighted by atomic mass is 10.1. The van der Waals surface area contributed by atoms with Gasteiger partial charge in [0.15, 0.2) is 0 Å². The summed E-state index contributed by atoms with van der Waals surface area (Å²) in [6.07, 6.45) is 0. The maximum Gasteiger partial charge on any atom is 0.204 e. The van der Waals surface area contributed by atoms with E-state index in [0.29, 0.717) is 19.9 Å². The van der Waals surface area contributed by atoms with Gasteiger partial charge in [-0.2, -0.15) is 0 Å². The Bertz CT molecular complexity index is 553. The van der Waals surface area contributed by atoms with Crippen LogP contribution in [0.15, 0.2) is 34.1 Å². The zero-order valence-electron chi connectivity index (χ0n) is 7.84. The fraction of sp³-hybridized carbons (Fsp3) is 0. The molecule has 0 fully saturated rings. The summed E-state index contributed by atoms with van der Waals surface area (Å²) in [4.78, 5) is 12.4. The quantitative estimate of drug-likeness (QED) is 0.743. The molecule has 1 nitrogen and oxygen atoms in total. The van der Waals surface area contributed by atoms with Gasteiger partial charge < -0.3 is 0 Å². The van der Waals surface area contributed by atoms with Crippen LogP contribution in [-0.2, 0) is 0 Å². The van der Waals surface area contributed by atoms with E-state index in [-0.39, 0.29) is 5.78 Å². The van der Waals surface area contributed by atoms with E-state index in [1.165, 1.54) is 23.5 Å². The third-order valence-corrected chi connectivity index (χ3v) is 3.99. The predicted molar refractivity (Wildman–Crippen MR) is 66.9 cm³/mol. The van der Waals surface area contributed by atoms with Crippen LogP contribution < -0.4 is 0 Å². The van der Waals surface area contributed by atoms with Crippen LogP contribution in [0.3, 0.4) is 0 Å². The molecule has 2 aromatic rings. The number of benzene rings is 1. The molecule has 0 radical (unpaired) electrons. The summed E-state index contributed by atoms with van der Waals surface area (Å²) in [7, 11) is 0. The third-order valence-electron chi connectivity index (χ3n) is 2.01. The van der Waals surface area contributed by atoms with Gasteiger partial charge in [-0.25, -0.2) is 4.39 Å². The van der Waals surface area contributed by atoms with Gasteiger partial charge in [-0.3, -0.25) is 4.79 Å². The van der Waals surface area contributed by atoms with Gasteiger partial charge in [-0.05, 0) is 45.6 Å². The molecular weight excluding hydrogens is 315 g/mol. The zero-order valence-corrected chi connectivity index (χ0v) is 11.0. The molecule has 1 heterocycles. The summed E-state index contributed by atoms with van der Waals surface area (Å²) >= 11 is 10.1. The van der Waals surface area contributed by atoms with Crippen LogP contribution in [0, 0.1) is 5.82 Å². The van der Waals surface area contributed by atoms with E-state index in [4.69, 9.17) is 11.6 Å². The first kappa shape index (κ1) is 11.8. The number of carbonyl (C=O) groups excluding carboxylic acids is 1. The molecule has 0 spiro atoms. The first-order valence-corrected chi connectivity index (χ1v) is 6.37. The lowest BCUT2D eigenvalue weighted by Gasteiger charge is -2.00. The molecule has 0 unspecified atom stereocenters. The number of halogens is 3. The van der Waals surface area contributed by atoms with E-state index in [1.807, 2.05) is 0 Å². The number of hydrogen-bond acceptors (Lipinski definition) is 2. The minimum Gasteiger partial charge on any atom is -0.288 e. The molecule has 82 valence electrons. The van der Waals surface area contributed by atoms with E-state index in [2.05, 4.69) is 15.9 Å². The number of rotatable bonds is 2. The fourth-order valence-electron chi connectivity index (χ4n) is 1.22. The van der Waals surface area contributed by atoms with Crippen LogP contribution in [-0.4, -0.2) is 5.78 Å². The fourth-order valence-corrected chi connectivity index (χ4v) is 2.57. The summed E-state index contributed by atoms with van der Waals surface area (Å²) < 4.78 is 13.6. The molecule has 5 heteroatoms. The van der Waals surface area contributed by atoms with Crippen molar-refractivity contribution >= 4 is 44.7 Å². The Hall–Kier alpha value is -0.710. The Balaban J connectivity index is 2.42. The molecule has 16 heavy (non-hydrogen) atoms. The lowest BCUT2D eigenvalue weighted by Crippen LogP contribution is -1.99.